The van der Waals surface area contributed by atoms with Crippen molar-refractivity contribution < 1.29 is 14.3 Å². The summed E-state index contributed by atoms with van der Waals surface area (Å²) in [6, 6.07) is 0.115. The fraction of sp³-hybridized carbons (Fsp3) is 0.800. The van der Waals surface area contributed by atoms with Gasteiger partial charge in [-0.3, -0.25) is 9.59 Å². The molecule has 0 aromatic heterocycles. The summed E-state index contributed by atoms with van der Waals surface area (Å²) < 4.78 is 4.76. The molecule has 0 bridgehead atoms. The molecule has 0 aliphatic carbocycles. The fourth-order valence-corrected chi connectivity index (χ4v) is 2.56. The average molecular weight is 197 g/mol. The summed E-state index contributed by atoms with van der Waals surface area (Å²) in [4.78, 5) is 24.8. The van der Waals surface area contributed by atoms with Crippen molar-refractivity contribution in [1.82, 2.24) is 4.90 Å². The van der Waals surface area contributed by atoms with Crippen LogP contribution < -0.4 is 0 Å². The summed E-state index contributed by atoms with van der Waals surface area (Å²) in [5, 5.41) is 0. The smallest absolute Gasteiger partial charge is 0.310 e. The first-order chi connectivity index (χ1) is 6.74. The van der Waals surface area contributed by atoms with Gasteiger partial charge >= 0.3 is 5.97 Å². The average Bonchev–Trinajstić information content (AvgIpc) is 2.67. The molecule has 2 fully saturated rings. The highest BCUT2D eigenvalue weighted by molar-refractivity contribution is 5.82. The van der Waals surface area contributed by atoms with Crippen molar-refractivity contribution >= 4 is 11.9 Å². The summed E-state index contributed by atoms with van der Waals surface area (Å²) in [5.74, 6) is -0.0396. The van der Waals surface area contributed by atoms with Gasteiger partial charge in [0.25, 0.3) is 0 Å². The van der Waals surface area contributed by atoms with Gasteiger partial charge in [0.15, 0.2) is 0 Å². The summed E-state index contributed by atoms with van der Waals surface area (Å²) in [6.07, 6.45) is 3.12. The van der Waals surface area contributed by atoms with Crippen LogP contribution in [0.5, 0.6) is 0 Å². The molecule has 0 unspecified atom stereocenters. The van der Waals surface area contributed by atoms with Crippen LogP contribution in [0.2, 0.25) is 0 Å². The van der Waals surface area contributed by atoms with Crippen molar-refractivity contribution in [3.05, 3.63) is 0 Å². The zero-order valence-electron chi connectivity index (χ0n) is 8.36. The Bertz CT molecular complexity index is 264. The molecule has 2 atom stereocenters. The van der Waals surface area contributed by atoms with Crippen molar-refractivity contribution in [2.75, 3.05) is 13.7 Å². The van der Waals surface area contributed by atoms with Gasteiger partial charge in [0, 0.05) is 19.0 Å². The molecule has 0 N–H and O–H groups in total. The maximum atomic E-state index is 11.5. The zero-order chi connectivity index (χ0) is 10.1. The minimum Gasteiger partial charge on any atom is -0.469 e. The molecule has 2 heterocycles. The Kier molecular flexibility index (Phi) is 2.44. The lowest BCUT2D eigenvalue weighted by Crippen LogP contribution is -2.47. The molecule has 1 amide bonds. The van der Waals surface area contributed by atoms with Gasteiger partial charge in [-0.25, -0.2) is 0 Å². The third-order valence-electron chi connectivity index (χ3n) is 3.26. The number of ether oxygens (including phenoxy) is 1. The topological polar surface area (TPSA) is 46.6 Å². The Balaban J connectivity index is 2.13. The molecule has 2 aliphatic rings. The van der Waals surface area contributed by atoms with E-state index in [1.807, 2.05) is 4.90 Å². The number of esters is 1. The van der Waals surface area contributed by atoms with Gasteiger partial charge in [0.2, 0.25) is 5.91 Å². The number of hydrogen-bond donors (Lipinski definition) is 0. The molecule has 2 rings (SSSR count). The minimum absolute atomic E-state index is 0.0831. The van der Waals surface area contributed by atoms with Crippen LogP contribution in [-0.2, 0) is 14.3 Å². The van der Waals surface area contributed by atoms with Crippen LogP contribution >= 0.6 is 0 Å². The van der Waals surface area contributed by atoms with E-state index >= 15 is 0 Å². The van der Waals surface area contributed by atoms with Crippen molar-refractivity contribution in [2.45, 2.75) is 31.7 Å². The molecule has 0 radical (unpaired) electrons. The standard InChI is InChI=1S/C10H15NO3/c1-14-10(13)7-4-5-9(12)11-6-2-3-8(7)11/h7-8H,2-6H2,1H3/t7-,8+/m0/s1. The summed E-state index contributed by atoms with van der Waals surface area (Å²) in [7, 11) is 1.41. The lowest BCUT2D eigenvalue weighted by atomic mass is 9.89. The number of nitrogens with zero attached hydrogens (tertiary/aromatic N) is 1. The number of hydrogen-bond acceptors (Lipinski definition) is 3. The molecule has 4 heteroatoms. The maximum Gasteiger partial charge on any atom is 0.310 e. The second kappa shape index (κ2) is 3.59. The van der Waals surface area contributed by atoms with Crippen LogP contribution in [0.3, 0.4) is 0 Å². The van der Waals surface area contributed by atoms with E-state index in [-0.39, 0.29) is 23.8 Å². The summed E-state index contributed by atoms with van der Waals surface area (Å²) in [6.45, 7) is 0.816. The molecule has 0 aromatic carbocycles. The van der Waals surface area contributed by atoms with E-state index in [0.29, 0.717) is 12.8 Å². The van der Waals surface area contributed by atoms with E-state index < -0.39 is 0 Å². The predicted octanol–water partition coefficient (Wildman–Crippen LogP) is 0.560. The molecule has 4 nitrogen and oxygen atoms in total. The van der Waals surface area contributed by atoms with Gasteiger partial charge in [0.1, 0.15) is 0 Å². The van der Waals surface area contributed by atoms with Crippen LogP contribution in [0.1, 0.15) is 25.7 Å². The SMILES string of the molecule is COC(=O)[C@H]1CCC(=O)N2CCC[C@H]12. The highest BCUT2D eigenvalue weighted by Gasteiger charge is 2.42. The Hall–Kier alpha value is -1.06. The Morgan fingerprint density at radius 3 is 3.00 bits per heavy atom. The number of fused-ring (bicyclic) bond motifs is 1. The highest BCUT2D eigenvalue weighted by Crippen LogP contribution is 2.32. The number of amides is 1. The summed E-state index contributed by atoms with van der Waals surface area (Å²) in [5.41, 5.74) is 0. The lowest BCUT2D eigenvalue weighted by molar-refractivity contribution is -0.152. The quantitative estimate of drug-likeness (QED) is 0.577. The van der Waals surface area contributed by atoms with E-state index in [2.05, 4.69) is 0 Å². The number of rotatable bonds is 1. The molecule has 78 valence electrons. The van der Waals surface area contributed by atoms with Crippen LogP contribution in [0.25, 0.3) is 0 Å². The van der Waals surface area contributed by atoms with Gasteiger partial charge in [0.05, 0.1) is 13.0 Å². The zero-order valence-corrected chi connectivity index (χ0v) is 8.36. The lowest BCUT2D eigenvalue weighted by Gasteiger charge is -2.34. The number of carbonyl (C=O) groups is 2. The Morgan fingerprint density at radius 1 is 1.50 bits per heavy atom. The largest absolute Gasteiger partial charge is 0.469 e. The van der Waals surface area contributed by atoms with Crippen molar-refractivity contribution in [3.8, 4) is 0 Å². The summed E-state index contributed by atoms with van der Waals surface area (Å²) >= 11 is 0. The normalized spacial score (nSPS) is 31.5. The molecule has 0 aromatic rings. The highest BCUT2D eigenvalue weighted by atomic mass is 16.5. The Labute approximate surface area is 83.2 Å². The molecule has 0 saturated carbocycles. The van der Waals surface area contributed by atoms with Crippen molar-refractivity contribution in [1.29, 1.82) is 0 Å². The molecular weight excluding hydrogens is 182 g/mol. The predicted molar refractivity (Wildman–Crippen MR) is 49.5 cm³/mol. The third kappa shape index (κ3) is 1.38. The first kappa shape index (κ1) is 9.49. The van der Waals surface area contributed by atoms with Gasteiger partial charge in [-0.15, -0.1) is 0 Å². The van der Waals surface area contributed by atoms with Crippen LogP contribution in [-0.4, -0.2) is 36.5 Å². The molecular formula is C10H15NO3. The maximum absolute atomic E-state index is 11.5. The van der Waals surface area contributed by atoms with E-state index in [4.69, 9.17) is 4.74 Å². The van der Waals surface area contributed by atoms with Gasteiger partial charge in [-0.1, -0.05) is 0 Å². The number of carbonyl (C=O) groups excluding carboxylic acids is 2. The van der Waals surface area contributed by atoms with Gasteiger partial charge < -0.3 is 9.64 Å². The van der Waals surface area contributed by atoms with Gasteiger partial charge in [-0.05, 0) is 19.3 Å². The first-order valence-corrected chi connectivity index (χ1v) is 5.11. The van der Waals surface area contributed by atoms with Crippen molar-refractivity contribution in [2.24, 2.45) is 5.92 Å². The monoisotopic (exact) mass is 197 g/mol. The van der Waals surface area contributed by atoms with Crippen molar-refractivity contribution in [3.63, 3.8) is 0 Å². The first-order valence-electron chi connectivity index (χ1n) is 5.11. The second-order valence-corrected chi connectivity index (χ2v) is 3.97. The Morgan fingerprint density at radius 2 is 2.29 bits per heavy atom. The second-order valence-electron chi connectivity index (χ2n) is 3.97. The van der Waals surface area contributed by atoms with Crippen LogP contribution in [0.15, 0.2) is 0 Å². The number of methoxy groups -OCH3 is 1. The molecule has 2 aliphatic heterocycles. The minimum atomic E-state index is -0.158. The molecule has 2 saturated heterocycles. The van der Waals surface area contributed by atoms with E-state index in [0.717, 1.165) is 19.4 Å². The van der Waals surface area contributed by atoms with E-state index in [1.54, 1.807) is 0 Å². The van der Waals surface area contributed by atoms with E-state index in [9.17, 15) is 9.59 Å². The molecule has 14 heavy (non-hydrogen) atoms. The third-order valence-corrected chi connectivity index (χ3v) is 3.26. The van der Waals surface area contributed by atoms with Crippen LogP contribution in [0.4, 0.5) is 0 Å². The molecule has 0 spiro atoms. The van der Waals surface area contributed by atoms with Crippen LogP contribution in [0, 0.1) is 5.92 Å². The number of piperidine rings is 1. The van der Waals surface area contributed by atoms with Gasteiger partial charge in [-0.2, -0.15) is 0 Å². The fourth-order valence-electron chi connectivity index (χ4n) is 2.56. The van der Waals surface area contributed by atoms with E-state index in [1.165, 1.54) is 7.11 Å².